The molecule has 0 saturated carbocycles. The molecule has 0 aliphatic rings. The van der Waals surface area contributed by atoms with Crippen LogP contribution in [0.1, 0.15) is 10.4 Å². The molecule has 1 aromatic heterocycles. The normalized spacial score (nSPS) is 10.5. The van der Waals surface area contributed by atoms with Gasteiger partial charge in [-0.25, -0.2) is 4.79 Å². The highest BCUT2D eigenvalue weighted by atomic mass is 16.5. The third kappa shape index (κ3) is 3.46. The molecule has 1 heterocycles. The quantitative estimate of drug-likeness (QED) is 0.677. The van der Waals surface area contributed by atoms with Gasteiger partial charge in [0.05, 0.1) is 6.54 Å². The van der Waals surface area contributed by atoms with E-state index in [1.54, 1.807) is 31.3 Å². The summed E-state index contributed by atoms with van der Waals surface area (Å²) in [7, 11) is 1.63. The van der Waals surface area contributed by atoms with E-state index in [-0.39, 0.29) is 11.5 Å². The van der Waals surface area contributed by atoms with Crippen molar-refractivity contribution in [1.82, 2.24) is 4.90 Å². The van der Waals surface area contributed by atoms with Crippen LogP contribution in [0.4, 0.5) is 0 Å². The van der Waals surface area contributed by atoms with E-state index in [9.17, 15) is 9.59 Å². The van der Waals surface area contributed by atoms with E-state index in [0.717, 1.165) is 11.1 Å². The number of hydrogen-bond acceptors (Lipinski definition) is 4. The number of likely N-dealkylation sites (N-methyl/N-ethyl adjacent to an activating group) is 1. The molecule has 5 nitrogen and oxygen atoms in total. The number of carbonyl (C=O) groups excluding carboxylic acids is 1. The van der Waals surface area contributed by atoms with Crippen LogP contribution in [-0.4, -0.2) is 31.0 Å². The molecule has 0 radical (unpaired) electrons. The van der Waals surface area contributed by atoms with Crippen molar-refractivity contribution >= 4 is 16.9 Å². The predicted octanol–water partition coefficient (Wildman–Crippen LogP) is 2.94. The van der Waals surface area contributed by atoms with Gasteiger partial charge in [0, 0.05) is 12.4 Å². The van der Waals surface area contributed by atoms with E-state index in [0.29, 0.717) is 18.7 Å². The molecule has 5 heteroatoms. The Morgan fingerprint density at radius 2 is 1.79 bits per heavy atom. The van der Waals surface area contributed by atoms with Gasteiger partial charge < -0.3 is 14.1 Å². The first kappa shape index (κ1) is 15.8. The Balaban J connectivity index is 1.69. The molecule has 0 saturated heterocycles. The van der Waals surface area contributed by atoms with Gasteiger partial charge in [-0.3, -0.25) is 4.79 Å². The molecule has 122 valence electrons. The van der Waals surface area contributed by atoms with E-state index in [4.69, 9.17) is 9.15 Å². The summed E-state index contributed by atoms with van der Waals surface area (Å²) >= 11 is 0. The van der Waals surface area contributed by atoms with Gasteiger partial charge in [-0.05, 0) is 24.3 Å². The Labute approximate surface area is 139 Å². The third-order valence-corrected chi connectivity index (χ3v) is 3.66. The van der Waals surface area contributed by atoms with Crippen molar-refractivity contribution in [1.29, 1.82) is 0 Å². The van der Waals surface area contributed by atoms with Crippen molar-refractivity contribution in [2.75, 3.05) is 20.2 Å². The molecule has 24 heavy (non-hydrogen) atoms. The van der Waals surface area contributed by atoms with E-state index >= 15 is 0 Å². The van der Waals surface area contributed by atoms with Crippen molar-refractivity contribution < 1.29 is 13.9 Å². The molecule has 1 amide bonds. The van der Waals surface area contributed by atoms with Crippen LogP contribution in [0.3, 0.4) is 0 Å². The molecule has 0 atom stereocenters. The van der Waals surface area contributed by atoms with Crippen molar-refractivity contribution in [3.05, 3.63) is 76.6 Å². The zero-order valence-electron chi connectivity index (χ0n) is 13.3. The van der Waals surface area contributed by atoms with Crippen LogP contribution in [0.2, 0.25) is 0 Å². The van der Waals surface area contributed by atoms with Crippen LogP contribution in [0, 0.1) is 0 Å². The molecule has 0 aliphatic heterocycles. The molecule has 3 aromatic rings. The third-order valence-electron chi connectivity index (χ3n) is 3.66. The van der Waals surface area contributed by atoms with E-state index in [1.165, 1.54) is 4.90 Å². The minimum absolute atomic E-state index is 0.0240. The average Bonchev–Trinajstić information content (AvgIpc) is 2.61. The first-order valence-corrected chi connectivity index (χ1v) is 7.61. The summed E-state index contributed by atoms with van der Waals surface area (Å²) in [6.45, 7) is 0.700. The van der Waals surface area contributed by atoms with Crippen molar-refractivity contribution in [2.24, 2.45) is 0 Å². The standard InChI is InChI=1S/C19H17NO4/c1-20(11-12-23-15-8-3-2-4-9-15)18(21)16-13-14-7-5-6-10-17(14)24-19(16)22/h2-10,13H,11-12H2,1H3. The van der Waals surface area contributed by atoms with Gasteiger partial charge >= 0.3 is 5.63 Å². The van der Waals surface area contributed by atoms with Gasteiger partial charge in [-0.15, -0.1) is 0 Å². The van der Waals surface area contributed by atoms with Crippen LogP contribution in [0.5, 0.6) is 5.75 Å². The van der Waals surface area contributed by atoms with Crippen LogP contribution < -0.4 is 10.4 Å². The predicted molar refractivity (Wildman–Crippen MR) is 91.4 cm³/mol. The lowest BCUT2D eigenvalue weighted by Gasteiger charge is -2.17. The highest BCUT2D eigenvalue weighted by Gasteiger charge is 2.17. The lowest BCUT2D eigenvalue weighted by Crippen LogP contribution is -2.33. The maximum atomic E-state index is 12.5. The summed E-state index contributed by atoms with van der Waals surface area (Å²) < 4.78 is 10.8. The Morgan fingerprint density at radius 1 is 1.08 bits per heavy atom. The van der Waals surface area contributed by atoms with Gasteiger partial charge in [0.1, 0.15) is 23.5 Å². The summed E-state index contributed by atoms with van der Waals surface area (Å²) in [6, 6.07) is 18.0. The number of para-hydroxylation sites is 2. The van der Waals surface area contributed by atoms with E-state index < -0.39 is 5.63 Å². The van der Waals surface area contributed by atoms with Crippen LogP contribution in [0.25, 0.3) is 11.0 Å². The highest BCUT2D eigenvalue weighted by molar-refractivity contribution is 5.96. The van der Waals surface area contributed by atoms with E-state index in [2.05, 4.69) is 0 Å². The molecule has 2 aromatic carbocycles. The first-order chi connectivity index (χ1) is 11.6. The smallest absolute Gasteiger partial charge is 0.349 e. The second-order valence-electron chi connectivity index (χ2n) is 5.37. The van der Waals surface area contributed by atoms with Crippen LogP contribution >= 0.6 is 0 Å². The Hall–Kier alpha value is -3.08. The molecular formula is C19H17NO4. The van der Waals surface area contributed by atoms with E-state index in [1.807, 2.05) is 36.4 Å². The zero-order chi connectivity index (χ0) is 16.9. The van der Waals surface area contributed by atoms with Gasteiger partial charge in [0.2, 0.25) is 0 Å². The Morgan fingerprint density at radius 3 is 2.58 bits per heavy atom. The number of rotatable bonds is 5. The maximum absolute atomic E-state index is 12.5. The SMILES string of the molecule is CN(CCOc1ccccc1)C(=O)c1cc2ccccc2oc1=O. The van der Waals surface area contributed by atoms with Crippen LogP contribution in [0.15, 0.2) is 69.9 Å². The van der Waals surface area contributed by atoms with Gasteiger partial charge in [0.25, 0.3) is 5.91 Å². The van der Waals surface area contributed by atoms with Crippen LogP contribution in [-0.2, 0) is 0 Å². The number of ether oxygens (including phenoxy) is 1. The topological polar surface area (TPSA) is 59.8 Å². The monoisotopic (exact) mass is 323 g/mol. The Kier molecular flexibility index (Phi) is 4.61. The number of fused-ring (bicyclic) bond motifs is 1. The molecular weight excluding hydrogens is 306 g/mol. The molecule has 0 fully saturated rings. The fourth-order valence-corrected chi connectivity index (χ4v) is 2.34. The number of nitrogens with zero attached hydrogens (tertiary/aromatic N) is 1. The number of hydrogen-bond donors (Lipinski definition) is 0. The zero-order valence-corrected chi connectivity index (χ0v) is 13.3. The maximum Gasteiger partial charge on any atom is 0.349 e. The summed E-state index contributed by atoms with van der Waals surface area (Å²) in [5.74, 6) is 0.356. The number of benzene rings is 2. The fraction of sp³-hybridized carbons (Fsp3) is 0.158. The Bertz CT molecular complexity index is 902. The molecule has 0 aliphatic carbocycles. The minimum Gasteiger partial charge on any atom is -0.492 e. The lowest BCUT2D eigenvalue weighted by atomic mass is 10.1. The molecule has 0 bridgehead atoms. The number of carbonyl (C=O) groups is 1. The van der Waals surface area contributed by atoms with Crippen molar-refractivity contribution in [3.8, 4) is 5.75 Å². The molecule has 0 spiro atoms. The second kappa shape index (κ2) is 7.00. The van der Waals surface area contributed by atoms with Gasteiger partial charge in [-0.2, -0.15) is 0 Å². The van der Waals surface area contributed by atoms with Gasteiger partial charge in [0.15, 0.2) is 0 Å². The number of amides is 1. The molecule has 0 unspecified atom stereocenters. The average molecular weight is 323 g/mol. The van der Waals surface area contributed by atoms with Gasteiger partial charge in [-0.1, -0.05) is 36.4 Å². The second-order valence-corrected chi connectivity index (χ2v) is 5.37. The van der Waals surface area contributed by atoms with Crippen molar-refractivity contribution in [2.45, 2.75) is 0 Å². The molecule has 3 rings (SSSR count). The summed E-state index contributed by atoms with van der Waals surface area (Å²) in [6.07, 6.45) is 0. The largest absolute Gasteiger partial charge is 0.492 e. The fourth-order valence-electron chi connectivity index (χ4n) is 2.34. The summed E-state index contributed by atoms with van der Waals surface area (Å²) in [5.41, 5.74) is -0.139. The minimum atomic E-state index is -0.630. The summed E-state index contributed by atoms with van der Waals surface area (Å²) in [4.78, 5) is 25.9. The lowest BCUT2D eigenvalue weighted by molar-refractivity contribution is 0.0770. The first-order valence-electron chi connectivity index (χ1n) is 7.61. The summed E-state index contributed by atoms with van der Waals surface area (Å²) in [5, 5.41) is 0.717. The highest BCUT2D eigenvalue weighted by Crippen LogP contribution is 2.13. The molecule has 0 N–H and O–H groups in total. The van der Waals surface area contributed by atoms with Crippen molar-refractivity contribution in [3.63, 3.8) is 0 Å².